The van der Waals surface area contributed by atoms with E-state index in [4.69, 9.17) is 0 Å². The molecule has 0 fully saturated rings. The molecule has 0 aromatic rings. The molecular formula is C8H17NOS. The normalized spacial score (nSPS) is 9.73. The van der Waals surface area contributed by atoms with Crippen LogP contribution in [0.3, 0.4) is 0 Å². The summed E-state index contributed by atoms with van der Waals surface area (Å²) in [6.07, 6.45) is 1.05. The molecule has 0 aromatic carbocycles. The van der Waals surface area contributed by atoms with Crippen molar-refractivity contribution < 1.29 is 4.79 Å². The number of hydrogen-bond donors (Lipinski definition) is 0. The number of nitrogens with zero attached hydrogens (tertiary/aromatic N) is 1. The van der Waals surface area contributed by atoms with Crippen LogP contribution < -0.4 is 0 Å². The Labute approximate surface area is 73.3 Å². The highest BCUT2D eigenvalue weighted by Crippen LogP contribution is 2.07. The van der Waals surface area contributed by atoms with E-state index in [0.717, 1.165) is 25.3 Å². The van der Waals surface area contributed by atoms with Gasteiger partial charge in [-0.25, -0.2) is 0 Å². The van der Waals surface area contributed by atoms with Gasteiger partial charge in [-0.05, 0) is 19.1 Å². The third kappa shape index (κ3) is 4.30. The average molecular weight is 175 g/mol. The molecule has 0 unspecified atom stereocenters. The molecule has 0 aromatic heterocycles. The molecule has 0 N–H and O–H groups in total. The second-order valence-corrected chi connectivity index (χ2v) is 3.49. The monoisotopic (exact) mass is 175 g/mol. The Morgan fingerprint density at radius 3 is 2.36 bits per heavy atom. The molecule has 0 bridgehead atoms. The molecular weight excluding hydrogens is 158 g/mol. The molecule has 0 saturated heterocycles. The molecule has 0 rings (SSSR count). The summed E-state index contributed by atoms with van der Waals surface area (Å²) in [6.45, 7) is 7.83. The maximum Gasteiger partial charge on any atom is 0.281 e. The number of thioether (sulfide) groups is 1. The first-order valence-corrected chi connectivity index (χ1v) is 5.16. The van der Waals surface area contributed by atoms with E-state index < -0.39 is 0 Å². The van der Waals surface area contributed by atoms with Gasteiger partial charge in [-0.15, -0.1) is 0 Å². The number of hydrogen-bond acceptors (Lipinski definition) is 2. The van der Waals surface area contributed by atoms with Gasteiger partial charge in [0.05, 0.1) is 0 Å². The van der Waals surface area contributed by atoms with E-state index in [-0.39, 0.29) is 5.24 Å². The highest BCUT2D eigenvalue weighted by atomic mass is 32.2. The SMILES string of the molecule is CCCN(CC)C(=O)SCC. The Bertz CT molecular complexity index is 117. The minimum absolute atomic E-state index is 0.219. The van der Waals surface area contributed by atoms with Crippen molar-refractivity contribution in [3.63, 3.8) is 0 Å². The number of rotatable bonds is 4. The molecule has 2 nitrogen and oxygen atoms in total. The third-order valence-electron chi connectivity index (χ3n) is 1.40. The topological polar surface area (TPSA) is 20.3 Å². The van der Waals surface area contributed by atoms with Crippen molar-refractivity contribution in [2.24, 2.45) is 0 Å². The average Bonchev–Trinajstić information content (AvgIpc) is 2.00. The van der Waals surface area contributed by atoms with Gasteiger partial charge in [0, 0.05) is 13.1 Å². The van der Waals surface area contributed by atoms with E-state index in [1.807, 2.05) is 18.7 Å². The van der Waals surface area contributed by atoms with Crippen LogP contribution in [0.1, 0.15) is 27.2 Å². The lowest BCUT2D eigenvalue weighted by molar-refractivity contribution is 0.226. The first-order chi connectivity index (χ1) is 5.26. The predicted molar refractivity (Wildman–Crippen MR) is 51.1 cm³/mol. The summed E-state index contributed by atoms with van der Waals surface area (Å²) < 4.78 is 0. The molecule has 0 spiro atoms. The van der Waals surface area contributed by atoms with E-state index in [9.17, 15) is 4.79 Å². The van der Waals surface area contributed by atoms with E-state index >= 15 is 0 Å². The zero-order valence-electron chi connectivity index (χ0n) is 7.59. The largest absolute Gasteiger partial charge is 0.334 e. The van der Waals surface area contributed by atoms with Crippen LogP contribution in [0.5, 0.6) is 0 Å². The minimum Gasteiger partial charge on any atom is -0.334 e. The van der Waals surface area contributed by atoms with Gasteiger partial charge in [-0.3, -0.25) is 4.79 Å². The van der Waals surface area contributed by atoms with E-state index in [0.29, 0.717) is 0 Å². The molecule has 0 aliphatic rings. The fourth-order valence-electron chi connectivity index (χ4n) is 0.863. The first kappa shape index (κ1) is 10.8. The molecule has 0 atom stereocenters. The predicted octanol–water partition coefficient (Wildman–Crippen LogP) is 2.59. The van der Waals surface area contributed by atoms with Crippen LogP contribution in [-0.2, 0) is 0 Å². The van der Waals surface area contributed by atoms with Crippen LogP contribution in [0.2, 0.25) is 0 Å². The van der Waals surface area contributed by atoms with Gasteiger partial charge in [0.2, 0.25) is 0 Å². The summed E-state index contributed by atoms with van der Waals surface area (Å²) in [5.74, 6) is 0.874. The van der Waals surface area contributed by atoms with Crippen molar-refractivity contribution in [3.05, 3.63) is 0 Å². The van der Waals surface area contributed by atoms with Gasteiger partial charge in [0.15, 0.2) is 0 Å². The van der Waals surface area contributed by atoms with Gasteiger partial charge in [-0.2, -0.15) is 0 Å². The quantitative estimate of drug-likeness (QED) is 0.654. The maximum atomic E-state index is 11.3. The smallest absolute Gasteiger partial charge is 0.281 e. The van der Waals surface area contributed by atoms with Crippen LogP contribution in [0.4, 0.5) is 4.79 Å². The van der Waals surface area contributed by atoms with E-state index in [1.54, 1.807) is 0 Å². The third-order valence-corrected chi connectivity index (χ3v) is 2.20. The van der Waals surface area contributed by atoms with Crippen LogP contribution in [0.15, 0.2) is 0 Å². The van der Waals surface area contributed by atoms with E-state index in [2.05, 4.69) is 6.92 Å². The summed E-state index contributed by atoms with van der Waals surface area (Å²) in [6, 6.07) is 0. The van der Waals surface area contributed by atoms with Gasteiger partial charge in [0.25, 0.3) is 5.24 Å². The maximum absolute atomic E-state index is 11.3. The fraction of sp³-hybridized carbons (Fsp3) is 0.875. The summed E-state index contributed by atoms with van der Waals surface area (Å²) in [4.78, 5) is 13.1. The van der Waals surface area contributed by atoms with Crippen LogP contribution >= 0.6 is 11.8 Å². The van der Waals surface area contributed by atoms with Crippen LogP contribution in [0.25, 0.3) is 0 Å². The number of carbonyl (C=O) groups is 1. The molecule has 66 valence electrons. The summed E-state index contributed by atoms with van der Waals surface area (Å²) >= 11 is 1.39. The van der Waals surface area contributed by atoms with E-state index in [1.165, 1.54) is 11.8 Å². The van der Waals surface area contributed by atoms with Gasteiger partial charge in [0.1, 0.15) is 0 Å². The second-order valence-electron chi connectivity index (χ2n) is 2.28. The lowest BCUT2D eigenvalue weighted by Gasteiger charge is -2.18. The van der Waals surface area contributed by atoms with Gasteiger partial charge >= 0.3 is 0 Å². The molecule has 0 radical (unpaired) electrons. The van der Waals surface area contributed by atoms with Crippen molar-refractivity contribution in [2.75, 3.05) is 18.8 Å². The zero-order valence-corrected chi connectivity index (χ0v) is 8.41. The first-order valence-electron chi connectivity index (χ1n) is 4.17. The fourth-order valence-corrected chi connectivity index (χ4v) is 1.51. The Hall–Kier alpha value is -0.180. The molecule has 3 heteroatoms. The van der Waals surface area contributed by atoms with Crippen LogP contribution in [-0.4, -0.2) is 29.0 Å². The summed E-state index contributed by atoms with van der Waals surface area (Å²) in [7, 11) is 0. The second kappa shape index (κ2) is 6.53. The molecule has 1 amide bonds. The van der Waals surface area contributed by atoms with Crippen LogP contribution in [0, 0.1) is 0 Å². The van der Waals surface area contributed by atoms with Gasteiger partial charge < -0.3 is 4.90 Å². The lowest BCUT2D eigenvalue weighted by Crippen LogP contribution is -2.28. The zero-order chi connectivity index (χ0) is 8.69. The van der Waals surface area contributed by atoms with Crippen molar-refractivity contribution >= 4 is 17.0 Å². The number of carbonyl (C=O) groups excluding carboxylic acids is 1. The Morgan fingerprint density at radius 1 is 1.36 bits per heavy atom. The van der Waals surface area contributed by atoms with Gasteiger partial charge in [-0.1, -0.05) is 25.6 Å². The van der Waals surface area contributed by atoms with Crippen molar-refractivity contribution in [1.82, 2.24) is 4.90 Å². The minimum atomic E-state index is 0.219. The Kier molecular flexibility index (Phi) is 6.42. The lowest BCUT2D eigenvalue weighted by atomic mass is 10.4. The van der Waals surface area contributed by atoms with Crippen molar-refractivity contribution in [3.8, 4) is 0 Å². The molecule has 11 heavy (non-hydrogen) atoms. The molecule has 0 aliphatic heterocycles. The summed E-state index contributed by atoms with van der Waals surface area (Å²) in [5, 5.41) is 0.219. The molecule has 0 aliphatic carbocycles. The standard InChI is InChI=1S/C8H17NOS/c1-4-7-9(5-2)8(10)11-6-3/h4-7H2,1-3H3. The molecule has 0 heterocycles. The highest BCUT2D eigenvalue weighted by Gasteiger charge is 2.08. The van der Waals surface area contributed by atoms with Crippen molar-refractivity contribution in [1.29, 1.82) is 0 Å². The Balaban J connectivity index is 3.71. The Morgan fingerprint density at radius 2 is 2.00 bits per heavy atom. The molecule has 0 saturated carbocycles. The summed E-state index contributed by atoms with van der Waals surface area (Å²) in [5.41, 5.74) is 0. The highest BCUT2D eigenvalue weighted by molar-refractivity contribution is 8.13. The number of amides is 1. The van der Waals surface area contributed by atoms with Crippen molar-refractivity contribution in [2.45, 2.75) is 27.2 Å².